The van der Waals surface area contributed by atoms with E-state index in [-0.39, 0.29) is 5.84 Å². The quantitative estimate of drug-likeness (QED) is 0.591. The van der Waals surface area contributed by atoms with Crippen LogP contribution in [0.3, 0.4) is 0 Å². The van der Waals surface area contributed by atoms with E-state index in [1.807, 2.05) is 29.5 Å². The van der Waals surface area contributed by atoms with Crippen molar-refractivity contribution in [2.24, 2.45) is 5.73 Å². The van der Waals surface area contributed by atoms with E-state index < -0.39 is 0 Å². The Labute approximate surface area is 93.6 Å². The van der Waals surface area contributed by atoms with Crippen LogP contribution in [0, 0.1) is 12.3 Å². The summed E-state index contributed by atoms with van der Waals surface area (Å²) < 4.78 is 2.04. The lowest BCUT2D eigenvalue weighted by atomic mass is 10.2. The molecule has 0 aliphatic heterocycles. The van der Waals surface area contributed by atoms with E-state index in [0.29, 0.717) is 5.92 Å². The number of nitrogens with zero attached hydrogens (tertiary/aromatic N) is 2. The number of nitrogens with two attached hydrogens (primary N) is 1. The second kappa shape index (κ2) is 3.07. The highest BCUT2D eigenvalue weighted by atomic mass is 15.1. The zero-order chi connectivity index (χ0) is 11.3. The number of imidazole rings is 1. The number of nitrogen functional groups attached to an aromatic ring is 1. The monoisotopic (exact) mass is 214 g/mol. The van der Waals surface area contributed by atoms with Crippen molar-refractivity contribution in [1.82, 2.24) is 9.38 Å². The number of rotatable bonds is 2. The summed E-state index contributed by atoms with van der Waals surface area (Å²) in [6.45, 7) is 2.01. The highest BCUT2D eigenvalue weighted by Crippen LogP contribution is 2.40. The van der Waals surface area contributed by atoms with Crippen molar-refractivity contribution in [3.8, 4) is 0 Å². The Kier molecular flexibility index (Phi) is 1.80. The Morgan fingerprint density at radius 1 is 1.50 bits per heavy atom. The van der Waals surface area contributed by atoms with Crippen LogP contribution in [0.4, 0.5) is 0 Å². The fourth-order valence-electron chi connectivity index (χ4n) is 2.14. The highest BCUT2D eigenvalue weighted by molar-refractivity contribution is 5.94. The average Bonchev–Trinajstić information content (AvgIpc) is 3.04. The maximum Gasteiger partial charge on any atom is 0.140 e. The lowest BCUT2D eigenvalue weighted by Gasteiger charge is -2.06. The third-order valence-corrected chi connectivity index (χ3v) is 3.09. The zero-order valence-electron chi connectivity index (χ0n) is 9.20. The summed E-state index contributed by atoms with van der Waals surface area (Å²) >= 11 is 0. The molecule has 82 valence electrons. The van der Waals surface area contributed by atoms with Crippen molar-refractivity contribution in [2.45, 2.75) is 25.7 Å². The molecule has 2 aromatic rings. The first kappa shape index (κ1) is 9.39. The second-order valence-corrected chi connectivity index (χ2v) is 4.38. The predicted molar refractivity (Wildman–Crippen MR) is 62.9 cm³/mol. The van der Waals surface area contributed by atoms with Gasteiger partial charge in [0.25, 0.3) is 0 Å². The van der Waals surface area contributed by atoms with Crippen LogP contribution in [-0.4, -0.2) is 15.2 Å². The highest BCUT2D eigenvalue weighted by Gasteiger charge is 2.29. The molecule has 2 heterocycles. The molecule has 0 amide bonds. The summed E-state index contributed by atoms with van der Waals surface area (Å²) in [5, 5.41) is 7.61. The van der Waals surface area contributed by atoms with Gasteiger partial charge in [0.05, 0.1) is 16.9 Å². The number of amidine groups is 1. The Morgan fingerprint density at radius 3 is 2.88 bits per heavy atom. The van der Waals surface area contributed by atoms with E-state index in [0.717, 1.165) is 22.7 Å². The molecular weight excluding hydrogens is 200 g/mol. The van der Waals surface area contributed by atoms with E-state index >= 15 is 0 Å². The lowest BCUT2D eigenvalue weighted by Crippen LogP contribution is -2.16. The topological polar surface area (TPSA) is 67.2 Å². The Balaban J connectivity index is 2.38. The summed E-state index contributed by atoms with van der Waals surface area (Å²) in [5.74, 6) is 1.73. The van der Waals surface area contributed by atoms with Crippen LogP contribution in [0.15, 0.2) is 18.2 Å². The van der Waals surface area contributed by atoms with Gasteiger partial charge in [0.2, 0.25) is 0 Å². The molecule has 0 aromatic carbocycles. The molecule has 3 N–H and O–H groups in total. The Hall–Kier alpha value is -1.84. The van der Waals surface area contributed by atoms with Gasteiger partial charge in [-0.1, -0.05) is 6.07 Å². The summed E-state index contributed by atoms with van der Waals surface area (Å²) in [6, 6.07) is 5.83. The first-order valence-corrected chi connectivity index (χ1v) is 5.51. The summed E-state index contributed by atoms with van der Waals surface area (Å²) in [7, 11) is 0. The van der Waals surface area contributed by atoms with Gasteiger partial charge >= 0.3 is 0 Å². The molecule has 1 aliphatic carbocycles. The van der Waals surface area contributed by atoms with Gasteiger partial charge in [-0.2, -0.15) is 0 Å². The van der Waals surface area contributed by atoms with Crippen LogP contribution in [-0.2, 0) is 0 Å². The molecule has 0 radical (unpaired) electrons. The number of nitrogens with one attached hydrogen (secondary N) is 1. The van der Waals surface area contributed by atoms with Gasteiger partial charge in [-0.15, -0.1) is 0 Å². The van der Waals surface area contributed by atoms with Crippen LogP contribution in [0.25, 0.3) is 5.52 Å². The van der Waals surface area contributed by atoms with Gasteiger partial charge < -0.3 is 5.73 Å². The fraction of sp³-hybridized carbons (Fsp3) is 0.333. The molecule has 1 saturated carbocycles. The molecule has 2 aromatic heterocycles. The van der Waals surface area contributed by atoms with E-state index in [2.05, 4.69) is 4.98 Å². The van der Waals surface area contributed by atoms with Crippen molar-refractivity contribution in [3.05, 3.63) is 35.4 Å². The van der Waals surface area contributed by atoms with Gasteiger partial charge in [-0.25, -0.2) is 4.98 Å². The number of pyridine rings is 1. The first-order valence-electron chi connectivity index (χ1n) is 5.51. The van der Waals surface area contributed by atoms with Gasteiger partial charge in [-0.05, 0) is 31.9 Å². The van der Waals surface area contributed by atoms with Crippen LogP contribution >= 0.6 is 0 Å². The third-order valence-electron chi connectivity index (χ3n) is 3.09. The average molecular weight is 214 g/mol. The van der Waals surface area contributed by atoms with Crippen molar-refractivity contribution >= 4 is 11.4 Å². The SMILES string of the molecule is Cc1nc(C2CC2)n2c(C(=N)N)cccc12. The van der Waals surface area contributed by atoms with Crippen molar-refractivity contribution < 1.29 is 0 Å². The minimum absolute atomic E-state index is 0.102. The summed E-state index contributed by atoms with van der Waals surface area (Å²) in [5.41, 5.74) is 8.45. The van der Waals surface area contributed by atoms with Gasteiger partial charge in [0.1, 0.15) is 11.7 Å². The lowest BCUT2D eigenvalue weighted by molar-refractivity contribution is 0.909. The molecule has 1 fully saturated rings. The minimum atomic E-state index is 0.102. The van der Waals surface area contributed by atoms with E-state index in [1.165, 1.54) is 12.8 Å². The zero-order valence-corrected chi connectivity index (χ0v) is 9.20. The van der Waals surface area contributed by atoms with Crippen LogP contribution in [0.2, 0.25) is 0 Å². The summed E-state index contributed by atoms with van der Waals surface area (Å²) in [4.78, 5) is 4.61. The maximum absolute atomic E-state index is 7.61. The molecule has 0 bridgehead atoms. The standard InChI is InChI=1S/C12H14N4/c1-7-9-3-2-4-10(11(13)14)16(9)12(15-7)8-5-6-8/h2-4,8H,5-6H2,1H3,(H3,13,14). The molecule has 1 aliphatic rings. The van der Waals surface area contributed by atoms with E-state index in [1.54, 1.807) is 0 Å². The van der Waals surface area contributed by atoms with Crippen LogP contribution in [0.1, 0.15) is 36.0 Å². The van der Waals surface area contributed by atoms with Crippen LogP contribution < -0.4 is 5.73 Å². The number of fused-ring (bicyclic) bond motifs is 1. The third kappa shape index (κ3) is 1.23. The fourth-order valence-corrected chi connectivity index (χ4v) is 2.14. The van der Waals surface area contributed by atoms with E-state index in [4.69, 9.17) is 11.1 Å². The molecule has 0 atom stereocenters. The van der Waals surface area contributed by atoms with Crippen molar-refractivity contribution in [1.29, 1.82) is 5.41 Å². The van der Waals surface area contributed by atoms with Gasteiger partial charge in [0.15, 0.2) is 0 Å². The smallest absolute Gasteiger partial charge is 0.140 e. The molecule has 0 unspecified atom stereocenters. The molecular formula is C12H14N4. The molecule has 0 saturated heterocycles. The van der Waals surface area contributed by atoms with Gasteiger partial charge in [0, 0.05) is 5.92 Å². The molecule has 3 rings (SSSR count). The molecule has 0 spiro atoms. The summed E-state index contributed by atoms with van der Waals surface area (Å²) in [6.07, 6.45) is 2.40. The van der Waals surface area contributed by atoms with Crippen molar-refractivity contribution in [3.63, 3.8) is 0 Å². The number of hydrogen-bond acceptors (Lipinski definition) is 2. The number of hydrogen-bond donors (Lipinski definition) is 2. The van der Waals surface area contributed by atoms with Crippen LogP contribution in [0.5, 0.6) is 0 Å². The van der Waals surface area contributed by atoms with Gasteiger partial charge in [-0.3, -0.25) is 9.81 Å². The first-order chi connectivity index (χ1) is 7.68. The van der Waals surface area contributed by atoms with Crippen molar-refractivity contribution in [2.75, 3.05) is 0 Å². The predicted octanol–water partition coefficient (Wildman–Crippen LogP) is 1.80. The molecule has 4 nitrogen and oxygen atoms in total. The molecule has 16 heavy (non-hydrogen) atoms. The Bertz CT molecular complexity index is 578. The Morgan fingerprint density at radius 2 is 2.25 bits per heavy atom. The van der Waals surface area contributed by atoms with E-state index in [9.17, 15) is 0 Å². The second-order valence-electron chi connectivity index (χ2n) is 4.38. The normalized spacial score (nSPS) is 15.6. The number of aryl methyl sites for hydroxylation is 1. The molecule has 4 heteroatoms. The maximum atomic E-state index is 7.61. The minimum Gasteiger partial charge on any atom is -0.382 e. The largest absolute Gasteiger partial charge is 0.382 e. The number of aromatic nitrogens is 2.